The van der Waals surface area contributed by atoms with Gasteiger partial charge in [-0.25, -0.2) is 0 Å². The molecule has 0 spiro atoms. The number of ether oxygens (including phenoxy) is 1. The molecule has 0 aromatic heterocycles. The molecule has 2 unspecified atom stereocenters. The van der Waals surface area contributed by atoms with E-state index in [1.54, 1.807) is 0 Å². The zero-order chi connectivity index (χ0) is 11.5. The molecule has 0 saturated heterocycles. The van der Waals surface area contributed by atoms with Crippen molar-refractivity contribution in [2.45, 2.75) is 18.0 Å². The fourth-order valence-electron chi connectivity index (χ4n) is 1.94. The van der Waals surface area contributed by atoms with Gasteiger partial charge in [-0.3, -0.25) is 4.90 Å². The van der Waals surface area contributed by atoms with Crippen LogP contribution in [0.1, 0.15) is 6.42 Å². The summed E-state index contributed by atoms with van der Waals surface area (Å²) in [6.07, 6.45) is 4.87. The number of halogens is 2. The Morgan fingerprint density at radius 1 is 1.62 bits per heavy atom. The molecule has 16 heavy (non-hydrogen) atoms. The second-order valence-electron chi connectivity index (χ2n) is 4.06. The van der Waals surface area contributed by atoms with Crippen LogP contribution >= 0.6 is 23.2 Å². The number of nitrogens with one attached hydrogen (secondary N) is 1. The lowest BCUT2D eigenvalue weighted by Crippen LogP contribution is -2.37. The molecule has 0 fully saturated rings. The van der Waals surface area contributed by atoms with Gasteiger partial charge in [-0.15, -0.1) is 23.2 Å². The summed E-state index contributed by atoms with van der Waals surface area (Å²) in [4.78, 5) is 2.08. The molecular weight excluding hydrogens is 247 g/mol. The molecule has 0 aliphatic carbocycles. The first-order valence-electron chi connectivity index (χ1n) is 5.43. The lowest BCUT2D eigenvalue weighted by Gasteiger charge is -2.26. The molecule has 2 heterocycles. The number of dihydropyridines is 1. The molecule has 2 aliphatic rings. The van der Waals surface area contributed by atoms with E-state index in [2.05, 4.69) is 22.4 Å². The van der Waals surface area contributed by atoms with E-state index in [-0.39, 0.29) is 11.6 Å². The van der Waals surface area contributed by atoms with Crippen molar-refractivity contribution < 1.29 is 4.74 Å². The van der Waals surface area contributed by atoms with Crippen LogP contribution in [0.2, 0.25) is 0 Å². The standard InChI is InChI=1S/C11H16Cl2N2O/c1-15-7-8-3-2-6-14-11(8)16-9(4-5-12)10(15)13/h2-3,9-10,14H,4-7H2,1H3. The SMILES string of the molecule is CN1CC2=C(NCC=C2)OC(CCCl)C1Cl. The van der Waals surface area contributed by atoms with E-state index in [9.17, 15) is 0 Å². The third kappa shape index (κ3) is 2.47. The predicted octanol–water partition coefficient (Wildman–Crippen LogP) is 1.88. The van der Waals surface area contributed by atoms with Gasteiger partial charge >= 0.3 is 0 Å². The number of rotatable bonds is 2. The normalized spacial score (nSPS) is 30.4. The minimum atomic E-state index is -0.139. The molecule has 2 rings (SSSR count). The fourth-order valence-corrected chi connectivity index (χ4v) is 2.40. The van der Waals surface area contributed by atoms with Gasteiger partial charge in [0.15, 0.2) is 5.88 Å². The summed E-state index contributed by atoms with van der Waals surface area (Å²) in [6, 6.07) is 0. The van der Waals surface area contributed by atoms with Crippen molar-refractivity contribution in [1.29, 1.82) is 0 Å². The minimum Gasteiger partial charge on any atom is -0.473 e. The molecule has 0 aromatic carbocycles. The van der Waals surface area contributed by atoms with E-state index >= 15 is 0 Å². The van der Waals surface area contributed by atoms with Gasteiger partial charge in [0.05, 0.1) is 0 Å². The smallest absolute Gasteiger partial charge is 0.191 e. The molecule has 0 amide bonds. The average Bonchev–Trinajstić information content (AvgIpc) is 2.40. The lowest BCUT2D eigenvalue weighted by molar-refractivity contribution is 0.0696. The summed E-state index contributed by atoms with van der Waals surface area (Å²) >= 11 is 12.1. The highest BCUT2D eigenvalue weighted by molar-refractivity contribution is 6.21. The van der Waals surface area contributed by atoms with Gasteiger partial charge in [0.25, 0.3) is 0 Å². The maximum atomic E-state index is 6.35. The van der Waals surface area contributed by atoms with E-state index in [0.29, 0.717) is 5.88 Å². The molecule has 0 aromatic rings. The van der Waals surface area contributed by atoms with Crippen LogP contribution in [-0.4, -0.2) is 42.5 Å². The first-order chi connectivity index (χ1) is 7.72. The Balaban J connectivity index is 2.18. The number of hydrogen-bond donors (Lipinski definition) is 1. The van der Waals surface area contributed by atoms with E-state index in [1.165, 1.54) is 0 Å². The molecule has 0 radical (unpaired) electrons. The van der Waals surface area contributed by atoms with E-state index in [4.69, 9.17) is 27.9 Å². The highest BCUT2D eigenvalue weighted by Crippen LogP contribution is 2.25. The second-order valence-corrected chi connectivity index (χ2v) is 4.88. The molecule has 1 N–H and O–H groups in total. The van der Waals surface area contributed by atoms with Gasteiger partial charge in [0, 0.05) is 31.0 Å². The number of hydrogen-bond acceptors (Lipinski definition) is 3. The largest absolute Gasteiger partial charge is 0.473 e. The van der Waals surface area contributed by atoms with Crippen molar-refractivity contribution in [3.63, 3.8) is 0 Å². The quantitative estimate of drug-likeness (QED) is 0.608. The second kappa shape index (κ2) is 5.30. The summed E-state index contributed by atoms with van der Waals surface area (Å²) in [5.41, 5.74) is 1.01. The Morgan fingerprint density at radius 2 is 2.44 bits per heavy atom. The summed E-state index contributed by atoms with van der Waals surface area (Å²) in [6.45, 7) is 1.61. The third-order valence-electron chi connectivity index (χ3n) is 2.80. The van der Waals surface area contributed by atoms with Gasteiger partial charge in [-0.1, -0.05) is 12.2 Å². The Morgan fingerprint density at radius 3 is 3.19 bits per heavy atom. The van der Waals surface area contributed by atoms with E-state index in [0.717, 1.165) is 31.0 Å². The first-order valence-corrected chi connectivity index (χ1v) is 6.40. The van der Waals surface area contributed by atoms with Gasteiger partial charge in [-0.2, -0.15) is 0 Å². The van der Waals surface area contributed by atoms with Gasteiger partial charge < -0.3 is 10.1 Å². The number of alkyl halides is 2. The Hall–Kier alpha value is -0.380. The van der Waals surface area contributed by atoms with Crippen LogP contribution in [-0.2, 0) is 4.74 Å². The minimum absolute atomic E-state index is 0.0596. The van der Waals surface area contributed by atoms with Gasteiger partial charge in [0.2, 0.25) is 0 Å². The van der Waals surface area contributed by atoms with Gasteiger partial charge in [-0.05, 0) is 7.05 Å². The van der Waals surface area contributed by atoms with Crippen LogP contribution in [0.5, 0.6) is 0 Å². The van der Waals surface area contributed by atoms with Crippen molar-refractivity contribution in [3.8, 4) is 0 Å². The molecule has 3 nitrogen and oxygen atoms in total. The maximum absolute atomic E-state index is 6.35. The van der Waals surface area contributed by atoms with Crippen molar-refractivity contribution in [2.75, 3.05) is 26.0 Å². The molecule has 90 valence electrons. The molecule has 2 atom stereocenters. The Kier molecular flexibility index (Phi) is 4.00. The monoisotopic (exact) mass is 262 g/mol. The Bertz CT molecular complexity index is 317. The first kappa shape index (κ1) is 12.1. The zero-order valence-electron chi connectivity index (χ0n) is 9.25. The topological polar surface area (TPSA) is 24.5 Å². The number of likely N-dealkylation sites (N-methyl/N-ethyl adjacent to an activating group) is 1. The average molecular weight is 263 g/mol. The third-order valence-corrected chi connectivity index (χ3v) is 3.63. The Labute approximate surface area is 106 Å². The lowest BCUT2D eigenvalue weighted by atomic mass is 10.2. The van der Waals surface area contributed by atoms with Crippen LogP contribution in [0.15, 0.2) is 23.6 Å². The summed E-state index contributed by atoms with van der Waals surface area (Å²) in [7, 11) is 2.00. The van der Waals surface area contributed by atoms with Crippen LogP contribution < -0.4 is 5.32 Å². The maximum Gasteiger partial charge on any atom is 0.191 e. The van der Waals surface area contributed by atoms with Crippen molar-refractivity contribution >= 4 is 23.2 Å². The van der Waals surface area contributed by atoms with Crippen LogP contribution in [0.3, 0.4) is 0 Å². The predicted molar refractivity (Wildman–Crippen MR) is 66.6 cm³/mol. The molecule has 2 aliphatic heterocycles. The highest BCUT2D eigenvalue weighted by atomic mass is 35.5. The van der Waals surface area contributed by atoms with Crippen LogP contribution in [0.25, 0.3) is 0 Å². The number of nitrogens with zero attached hydrogens (tertiary/aromatic N) is 1. The molecule has 0 saturated carbocycles. The zero-order valence-corrected chi connectivity index (χ0v) is 10.8. The summed E-state index contributed by atoms with van der Waals surface area (Å²) in [5, 5.41) is 3.23. The van der Waals surface area contributed by atoms with Crippen LogP contribution in [0.4, 0.5) is 0 Å². The fraction of sp³-hybridized carbons (Fsp3) is 0.636. The highest BCUT2D eigenvalue weighted by Gasteiger charge is 2.30. The van der Waals surface area contributed by atoms with Crippen molar-refractivity contribution in [3.05, 3.63) is 23.6 Å². The molecule has 5 heteroatoms. The summed E-state index contributed by atoms with van der Waals surface area (Å²) < 4.78 is 5.90. The van der Waals surface area contributed by atoms with E-state index in [1.807, 2.05) is 7.05 Å². The van der Waals surface area contributed by atoms with Crippen molar-refractivity contribution in [1.82, 2.24) is 10.2 Å². The molecular formula is C11H16Cl2N2O. The van der Waals surface area contributed by atoms with Crippen LogP contribution in [0, 0.1) is 0 Å². The summed E-state index contributed by atoms with van der Waals surface area (Å²) in [5.74, 6) is 1.41. The molecule has 0 bridgehead atoms. The van der Waals surface area contributed by atoms with E-state index < -0.39 is 0 Å². The van der Waals surface area contributed by atoms with Gasteiger partial charge in [0.1, 0.15) is 11.6 Å². The van der Waals surface area contributed by atoms with Crippen molar-refractivity contribution in [2.24, 2.45) is 0 Å².